The number of hydrogen-bond acceptors (Lipinski definition) is 3. The van der Waals surface area contributed by atoms with Gasteiger partial charge in [-0.25, -0.2) is 0 Å². The van der Waals surface area contributed by atoms with Crippen molar-refractivity contribution in [3.8, 4) is 0 Å². The Morgan fingerprint density at radius 2 is 1.69 bits per heavy atom. The Morgan fingerprint density at radius 1 is 1.15 bits per heavy atom. The number of benzene rings is 1. The summed E-state index contributed by atoms with van der Waals surface area (Å²) in [4.78, 5) is 2.00. The summed E-state index contributed by atoms with van der Waals surface area (Å²) in [6, 6.07) is 7.71. The summed E-state index contributed by atoms with van der Waals surface area (Å²) in [6.07, 6.45) is 0.285. The molecule has 0 fully saturated rings. The summed E-state index contributed by atoms with van der Waals surface area (Å²) < 4.78 is 0. The standard InChI is InChI=1S/C9H14BNO2/c1-11(2)9-5-3-8(4-6-9)7-10(12)13/h3-6,12-13H,7H2,1-2H3. The van der Waals surface area contributed by atoms with Crippen LogP contribution >= 0.6 is 0 Å². The molecule has 0 radical (unpaired) electrons. The van der Waals surface area contributed by atoms with Crippen LogP contribution in [0.2, 0.25) is 0 Å². The molecular formula is C9H14BNO2. The van der Waals surface area contributed by atoms with Gasteiger partial charge >= 0.3 is 7.12 Å². The fraction of sp³-hybridized carbons (Fsp3) is 0.333. The number of anilines is 1. The van der Waals surface area contributed by atoms with Crippen molar-refractivity contribution >= 4 is 12.8 Å². The van der Waals surface area contributed by atoms with Gasteiger partial charge in [0.25, 0.3) is 0 Å². The highest BCUT2D eigenvalue weighted by Crippen LogP contribution is 2.12. The van der Waals surface area contributed by atoms with E-state index in [0.717, 1.165) is 11.3 Å². The lowest BCUT2D eigenvalue weighted by atomic mass is 9.82. The largest absolute Gasteiger partial charge is 0.456 e. The summed E-state index contributed by atoms with van der Waals surface area (Å²) in [5, 5.41) is 17.5. The second kappa shape index (κ2) is 4.30. The molecule has 0 spiro atoms. The van der Waals surface area contributed by atoms with Crippen molar-refractivity contribution in [1.82, 2.24) is 0 Å². The topological polar surface area (TPSA) is 43.7 Å². The van der Waals surface area contributed by atoms with Crippen LogP contribution in [0.4, 0.5) is 5.69 Å². The molecular weight excluding hydrogens is 165 g/mol. The minimum Gasteiger partial charge on any atom is -0.427 e. The lowest BCUT2D eigenvalue weighted by molar-refractivity contribution is 0.405. The molecule has 0 aromatic heterocycles. The molecule has 0 aliphatic carbocycles. The highest BCUT2D eigenvalue weighted by Gasteiger charge is 2.07. The Bertz CT molecular complexity index is 259. The Balaban J connectivity index is 2.70. The Hall–Kier alpha value is -0.995. The van der Waals surface area contributed by atoms with E-state index in [0.29, 0.717) is 0 Å². The van der Waals surface area contributed by atoms with E-state index < -0.39 is 7.12 Å². The fourth-order valence-electron chi connectivity index (χ4n) is 1.14. The van der Waals surface area contributed by atoms with Gasteiger partial charge in [0, 0.05) is 26.1 Å². The Morgan fingerprint density at radius 3 is 2.08 bits per heavy atom. The molecule has 2 N–H and O–H groups in total. The lowest BCUT2D eigenvalue weighted by Gasteiger charge is -2.12. The van der Waals surface area contributed by atoms with Crippen molar-refractivity contribution < 1.29 is 10.0 Å². The van der Waals surface area contributed by atoms with Gasteiger partial charge in [0.15, 0.2) is 0 Å². The van der Waals surface area contributed by atoms with Crippen LogP contribution in [0.25, 0.3) is 0 Å². The molecule has 0 heterocycles. The normalized spacial score (nSPS) is 9.85. The van der Waals surface area contributed by atoms with Crippen molar-refractivity contribution in [3.63, 3.8) is 0 Å². The van der Waals surface area contributed by atoms with E-state index in [4.69, 9.17) is 10.0 Å². The van der Waals surface area contributed by atoms with Crippen LogP contribution in [0.3, 0.4) is 0 Å². The zero-order valence-corrected chi connectivity index (χ0v) is 7.94. The van der Waals surface area contributed by atoms with Gasteiger partial charge in [-0.05, 0) is 17.7 Å². The molecule has 4 heteroatoms. The quantitative estimate of drug-likeness (QED) is 0.656. The molecule has 1 aromatic rings. The number of hydrogen-bond donors (Lipinski definition) is 2. The zero-order chi connectivity index (χ0) is 9.84. The van der Waals surface area contributed by atoms with E-state index in [1.54, 1.807) is 0 Å². The maximum Gasteiger partial charge on any atom is 0.456 e. The highest BCUT2D eigenvalue weighted by atomic mass is 16.4. The van der Waals surface area contributed by atoms with Crippen molar-refractivity contribution in [2.24, 2.45) is 0 Å². The first-order valence-electron chi connectivity index (χ1n) is 4.22. The van der Waals surface area contributed by atoms with Crippen LogP contribution in [-0.2, 0) is 6.32 Å². The van der Waals surface area contributed by atoms with Gasteiger partial charge in [-0.15, -0.1) is 0 Å². The maximum atomic E-state index is 8.73. The molecule has 0 aliphatic heterocycles. The first-order chi connectivity index (χ1) is 6.09. The predicted octanol–water partition coefficient (Wildman–Crippen LogP) is 0.307. The molecule has 0 bridgehead atoms. The van der Waals surface area contributed by atoms with Gasteiger partial charge in [-0.1, -0.05) is 12.1 Å². The summed E-state index contributed by atoms with van der Waals surface area (Å²) in [5.74, 6) is 0. The summed E-state index contributed by atoms with van der Waals surface area (Å²) in [7, 11) is 2.68. The fourth-order valence-corrected chi connectivity index (χ4v) is 1.14. The minimum absolute atomic E-state index is 0.285. The monoisotopic (exact) mass is 179 g/mol. The van der Waals surface area contributed by atoms with Crippen LogP contribution < -0.4 is 4.90 Å². The van der Waals surface area contributed by atoms with E-state index in [-0.39, 0.29) is 6.32 Å². The van der Waals surface area contributed by atoms with Crippen LogP contribution in [0, 0.1) is 0 Å². The van der Waals surface area contributed by atoms with Crippen LogP contribution in [0.1, 0.15) is 5.56 Å². The second-order valence-electron chi connectivity index (χ2n) is 3.25. The van der Waals surface area contributed by atoms with E-state index in [1.807, 2.05) is 43.3 Å². The maximum absolute atomic E-state index is 8.73. The molecule has 3 nitrogen and oxygen atoms in total. The van der Waals surface area contributed by atoms with E-state index in [1.165, 1.54) is 0 Å². The molecule has 1 rings (SSSR count). The average molecular weight is 179 g/mol. The first-order valence-corrected chi connectivity index (χ1v) is 4.22. The second-order valence-corrected chi connectivity index (χ2v) is 3.25. The van der Waals surface area contributed by atoms with Crippen molar-refractivity contribution in [2.75, 3.05) is 19.0 Å². The van der Waals surface area contributed by atoms with Crippen LogP contribution in [-0.4, -0.2) is 31.3 Å². The Kier molecular flexibility index (Phi) is 3.34. The lowest BCUT2D eigenvalue weighted by Crippen LogP contribution is -2.15. The third-order valence-corrected chi connectivity index (χ3v) is 1.87. The van der Waals surface area contributed by atoms with Gasteiger partial charge in [0.1, 0.15) is 0 Å². The predicted molar refractivity (Wildman–Crippen MR) is 54.7 cm³/mol. The molecule has 1 aromatic carbocycles. The third kappa shape index (κ3) is 3.09. The molecule has 0 amide bonds. The summed E-state index contributed by atoms with van der Waals surface area (Å²) >= 11 is 0. The van der Waals surface area contributed by atoms with E-state index in [9.17, 15) is 0 Å². The number of rotatable bonds is 3. The van der Waals surface area contributed by atoms with Crippen molar-refractivity contribution in [3.05, 3.63) is 29.8 Å². The zero-order valence-electron chi connectivity index (χ0n) is 7.94. The van der Waals surface area contributed by atoms with E-state index >= 15 is 0 Å². The van der Waals surface area contributed by atoms with E-state index in [2.05, 4.69) is 0 Å². The van der Waals surface area contributed by atoms with Gasteiger partial charge in [-0.2, -0.15) is 0 Å². The third-order valence-electron chi connectivity index (χ3n) is 1.87. The Labute approximate surface area is 78.8 Å². The van der Waals surface area contributed by atoms with Gasteiger partial charge in [-0.3, -0.25) is 0 Å². The molecule has 0 saturated carbocycles. The van der Waals surface area contributed by atoms with Crippen molar-refractivity contribution in [2.45, 2.75) is 6.32 Å². The molecule has 0 unspecified atom stereocenters. The first kappa shape index (κ1) is 10.1. The van der Waals surface area contributed by atoms with Gasteiger partial charge in [0.2, 0.25) is 0 Å². The summed E-state index contributed by atoms with van der Waals surface area (Å²) in [5.41, 5.74) is 2.04. The molecule has 13 heavy (non-hydrogen) atoms. The molecule has 0 aliphatic rings. The van der Waals surface area contributed by atoms with Gasteiger partial charge in [0.05, 0.1) is 0 Å². The highest BCUT2D eigenvalue weighted by molar-refractivity contribution is 6.40. The minimum atomic E-state index is -1.26. The van der Waals surface area contributed by atoms with Crippen LogP contribution in [0.15, 0.2) is 24.3 Å². The smallest absolute Gasteiger partial charge is 0.427 e. The van der Waals surface area contributed by atoms with Crippen molar-refractivity contribution in [1.29, 1.82) is 0 Å². The SMILES string of the molecule is CN(C)c1ccc(CB(O)O)cc1. The summed E-state index contributed by atoms with van der Waals surface area (Å²) in [6.45, 7) is 0. The van der Waals surface area contributed by atoms with Gasteiger partial charge < -0.3 is 14.9 Å². The molecule has 0 atom stereocenters. The van der Waals surface area contributed by atoms with Crippen LogP contribution in [0.5, 0.6) is 0 Å². The number of nitrogens with zero attached hydrogens (tertiary/aromatic N) is 1. The molecule has 70 valence electrons. The molecule has 0 saturated heterocycles. The average Bonchev–Trinajstić information content (AvgIpc) is 2.04.